The summed E-state index contributed by atoms with van der Waals surface area (Å²) in [6.45, 7) is 4.28. The number of anilines is 4. The summed E-state index contributed by atoms with van der Waals surface area (Å²) in [4.78, 5) is 13.3. The smallest absolute Gasteiger partial charge is 0.384 e. The lowest BCUT2D eigenvalue weighted by atomic mass is 10.0. The molecule has 12 heteroatoms. The molecule has 1 atom stereocenters. The van der Waals surface area contributed by atoms with E-state index in [9.17, 15) is 23.4 Å². The van der Waals surface area contributed by atoms with Crippen molar-refractivity contribution in [1.82, 2.24) is 25.3 Å². The highest BCUT2D eigenvalue weighted by molar-refractivity contribution is 5.65. The molecule has 4 N–H and O–H groups in total. The first-order valence-electron chi connectivity index (χ1n) is 12.0. The summed E-state index contributed by atoms with van der Waals surface area (Å²) in [7, 11) is 0. The van der Waals surface area contributed by atoms with E-state index in [1.807, 2.05) is 18.2 Å². The number of pyridine rings is 1. The van der Waals surface area contributed by atoms with E-state index in [1.54, 1.807) is 32.0 Å². The second-order valence-corrected chi connectivity index (χ2v) is 9.66. The number of hydrazine groups is 1. The van der Waals surface area contributed by atoms with Gasteiger partial charge in [0.25, 0.3) is 0 Å². The zero-order valence-electron chi connectivity index (χ0n) is 20.4. The van der Waals surface area contributed by atoms with E-state index in [0.717, 1.165) is 30.2 Å². The summed E-state index contributed by atoms with van der Waals surface area (Å²) in [6, 6.07) is 10.8. The lowest BCUT2D eigenvalue weighted by Gasteiger charge is -2.31. The van der Waals surface area contributed by atoms with E-state index < -0.39 is 31.0 Å². The van der Waals surface area contributed by atoms with Crippen LogP contribution in [0.5, 0.6) is 0 Å². The highest BCUT2D eigenvalue weighted by Gasteiger charge is 2.41. The van der Waals surface area contributed by atoms with Crippen molar-refractivity contribution in [3.63, 3.8) is 0 Å². The van der Waals surface area contributed by atoms with E-state index in [0.29, 0.717) is 5.69 Å². The van der Waals surface area contributed by atoms with Gasteiger partial charge in [-0.2, -0.15) is 23.2 Å². The molecule has 0 fully saturated rings. The average molecular weight is 516 g/mol. The highest BCUT2D eigenvalue weighted by Crippen LogP contribution is 2.42. The van der Waals surface area contributed by atoms with Gasteiger partial charge in [-0.05, 0) is 62.2 Å². The molecular weight excluding hydrogens is 487 g/mol. The van der Waals surface area contributed by atoms with Crippen molar-refractivity contribution in [2.45, 2.75) is 51.2 Å². The minimum atomic E-state index is -4.43. The van der Waals surface area contributed by atoms with E-state index in [2.05, 4.69) is 25.6 Å². The van der Waals surface area contributed by atoms with Crippen molar-refractivity contribution in [2.75, 3.05) is 23.4 Å². The van der Waals surface area contributed by atoms with Crippen molar-refractivity contribution in [3.05, 3.63) is 65.0 Å². The lowest BCUT2D eigenvalue weighted by molar-refractivity contribution is -0.143. The normalized spacial score (nSPS) is 18.0. The van der Waals surface area contributed by atoms with Crippen LogP contribution in [0.4, 0.5) is 36.4 Å². The predicted octanol–water partition coefficient (Wildman–Crippen LogP) is 3.80. The summed E-state index contributed by atoms with van der Waals surface area (Å²) < 4.78 is 39.4. The molecule has 0 saturated heterocycles. The summed E-state index contributed by atoms with van der Waals surface area (Å²) in [5.74, 6) is 0.632. The van der Waals surface area contributed by atoms with Crippen LogP contribution < -0.4 is 15.6 Å². The Hall–Kier alpha value is -3.32. The zero-order valence-corrected chi connectivity index (χ0v) is 20.4. The van der Waals surface area contributed by atoms with Gasteiger partial charge in [0.1, 0.15) is 11.4 Å². The van der Waals surface area contributed by atoms with Crippen LogP contribution in [-0.2, 0) is 18.6 Å². The zero-order chi connectivity index (χ0) is 26.4. The van der Waals surface area contributed by atoms with Crippen molar-refractivity contribution >= 4 is 23.3 Å². The van der Waals surface area contributed by atoms with Gasteiger partial charge in [-0.3, -0.25) is 0 Å². The number of aliphatic hydroxyl groups excluding tert-OH is 1. The number of halogens is 3. The largest absolute Gasteiger partial charge is 0.390 e. The topological polar surface area (TPSA) is 110 Å². The third-order valence-electron chi connectivity index (χ3n) is 6.37. The van der Waals surface area contributed by atoms with Crippen molar-refractivity contribution in [3.8, 4) is 0 Å². The number of nitrogens with one attached hydrogen (secondary N) is 2. The molecule has 2 aliphatic rings. The molecule has 0 bridgehead atoms. The third kappa shape index (κ3) is 5.37. The minimum Gasteiger partial charge on any atom is -0.384 e. The first-order chi connectivity index (χ1) is 17.5. The summed E-state index contributed by atoms with van der Waals surface area (Å²) in [6.07, 6.45) is -4.64. The number of hydrogen-bond donors (Lipinski definition) is 4. The first kappa shape index (κ1) is 25.3. The number of benzene rings is 1. The van der Waals surface area contributed by atoms with Crippen LogP contribution in [0.25, 0.3) is 0 Å². The molecule has 0 spiro atoms. The van der Waals surface area contributed by atoms with Crippen LogP contribution in [-0.4, -0.2) is 49.4 Å². The molecule has 2 aliphatic heterocycles. The molecule has 4 heterocycles. The van der Waals surface area contributed by atoms with Gasteiger partial charge in [-0.15, -0.1) is 0 Å². The fourth-order valence-corrected chi connectivity index (χ4v) is 4.46. The monoisotopic (exact) mass is 515 g/mol. The third-order valence-corrected chi connectivity index (χ3v) is 6.37. The van der Waals surface area contributed by atoms with E-state index >= 15 is 0 Å². The van der Waals surface area contributed by atoms with Gasteiger partial charge < -0.3 is 20.8 Å². The Morgan fingerprint density at radius 3 is 2.70 bits per heavy atom. The van der Waals surface area contributed by atoms with Crippen LogP contribution in [0.15, 0.2) is 42.6 Å². The quantitative estimate of drug-likeness (QED) is 0.390. The molecule has 0 amide bonds. The van der Waals surface area contributed by atoms with Gasteiger partial charge in [0.05, 0.1) is 17.7 Å². The number of nitrogens with zero attached hydrogens (tertiary/aromatic N) is 5. The van der Waals surface area contributed by atoms with Crippen LogP contribution >= 0.6 is 0 Å². The molecule has 1 unspecified atom stereocenters. The van der Waals surface area contributed by atoms with Crippen LogP contribution in [0.3, 0.4) is 0 Å². The second-order valence-electron chi connectivity index (χ2n) is 9.66. The van der Waals surface area contributed by atoms with Crippen molar-refractivity contribution in [1.29, 1.82) is 0 Å². The highest BCUT2D eigenvalue weighted by atomic mass is 19.4. The maximum absolute atomic E-state index is 13.1. The van der Waals surface area contributed by atoms with Gasteiger partial charge >= 0.3 is 6.18 Å². The van der Waals surface area contributed by atoms with Gasteiger partial charge in [0, 0.05) is 25.0 Å². The molecule has 2 aromatic heterocycles. The molecule has 37 heavy (non-hydrogen) atoms. The number of hydrogen-bond acceptors (Lipinski definition) is 9. The van der Waals surface area contributed by atoms with Gasteiger partial charge in [0.2, 0.25) is 5.95 Å². The fourth-order valence-electron chi connectivity index (χ4n) is 4.46. The number of rotatable bonds is 6. The Labute approximate surface area is 212 Å². The number of aromatic nitrogens is 3. The first-order valence-corrected chi connectivity index (χ1v) is 12.0. The Morgan fingerprint density at radius 2 is 1.95 bits per heavy atom. The van der Waals surface area contributed by atoms with E-state index in [4.69, 9.17) is 0 Å². The standard InChI is InChI=1S/C25H28F3N7O2/c1-24(2,37)19-4-3-5-20(32-19)35-21-18(22(36)34(35)11-9-25(26,27)28)14-30-23(33-21)31-17-7-6-15-8-10-29-13-16(15)12-17/h3-7,12,14,22,29,36-37H,8-11,13H2,1-2H3,(H,30,31,33). The van der Waals surface area contributed by atoms with E-state index in [-0.39, 0.29) is 23.1 Å². The second kappa shape index (κ2) is 9.53. The molecule has 0 aliphatic carbocycles. The van der Waals surface area contributed by atoms with Crippen molar-refractivity contribution in [2.24, 2.45) is 0 Å². The van der Waals surface area contributed by atoms with Crippen molar-refractivity contribution < 1.29 is 23.4 Å². The summed E-state index contributed by atoms with van der Waals surface area (Å²) in [5.41, 5.74) is 2.49. The predicted molar refractivity (Wildman–Crippen MR) is 131 cm³/mol. The maximum atomic E-state index is 13.1. The number of aliphatic hydroxyl groups is 2. The maximum Gasteiger partial charge on any atom is 0.390 e. The number of alkyl halides is 3. The molecular formula is C25H28F3N7O2. The molecule has 0 saturated carbocycles. The Balaban J connectivity index is 1.51. The Kier molecular flexibility index (Phi) is 6.52. The van der Waals surface area contributed by atoms with Gasteiger partial charge in [-0.1, -0.05) is 12.1 Å². The minimum absolute atomic E-state index is 0.201. The van der Waals surface area contributed by atoms with Crippen LogP contribution in [0.2, 0.25) is 0 Å². The molecule has 1 aromatic carbocycles. The summed E-state index contributed by atoms with van der Waals surface area (Å²) >= 11 is 0. The van der Waals surface area contributed by atoms with Gasteiger partial charge in [0.15, 0.2) is 12.0 Å². The SMILES string of the molecule is CC(C)(O)c1cccc(N2c3nc(Nc4ccc5c(c4)CNCC5)ncc3C(O)N2CCC(F)(F)F)n1. The van der Waals surface area contributed by atoms with Crippen LogP contribution in [0, 0.1) is 0 Å². The fraction of sp³-hybridized carbons (Fsp3) is 0.400. The molecule has 3 aromatic rings. The van der Waals surface area contributed by atoms with Crippen LogP contribution in [0.1, 0.15) is 48.9 Å². The molecule has 5 rings (SSSR count). The Morgan fingerprint density at radius 1 is 1.14 bits per heavy atom. The average Bonchev–Trinajstić information content (AvgIpc) is 3.12. The molecule has 196 valence electrons. The van der Waals surface area contributed by atoms with E-state index in [1.165, 1.54) is 22.3 Å². The van der Waals surface area contributed by atoms with Gasteiger partial charge in [-0.25, -0.2) is 15.0 Å². The molecule has 9 nitrogen and oxygen atoms in total. The number of fused-ring (bicyclic) bond motifs is 2. The Bertz CT molecular complexity index is 1300. The molecule has 0 radical (unpaired) electrons. The summed E-state index contributed by atoms with van der Waals surface area (Å²) in [5, 5.41) is 30.4. The lowest BCUT2D eigenvalue weighted by Crippen LogP contribution is -2.39.